The first-order valence-corrected chi connectivity index (χ1v) is 8.55. The van der Waals surface area contributed by atoms with E-state index < -0.39 is 0 Å². The maximum absolute atomic E-state index is 12.5. The smallest absolute Gasteiger partial charge is 0.257 e. The molecule has 0 saturated carbocycles. The van der Waals surface area contributed by atoms with Crippen molar-refractivity contribution in [2.75, 3.05) is 18.4 Å². The van der Waals surface area contributed by atoms with Crippen molar-refractivity contribution in [2.45, 2.75) is 26.7 Å². The number of hydrogen-bond acceptors (Lipinski definition) is 4. The fourth-order valence-electron chi connectivity index (χ4n) is 2.86. The first-order chi connectivity index (χ1) is 11.5. The van der Waals surface area contributed by atoms with Gasteiger partial charge in [0.25, 0.3) is 5.91 Å². The summed E-state index contributed by atoms with van der Waals surface area (Å²) in [5.74, 6) is 1.00. The van der Waals surface area contributed by atoms with Gasteiger partial charge in [-0.3, -0.25) is 4.79 Å². The van der Waals surface area contributed by atoms with Crippen LogP contribution in [0.15, 0.2) is 30.6 Å². The molecule has 1 fully saturated rings. The molecule has 2 aromatic rings. The number of aryl methyl sites for hydroxylation is 1. The van der Waals surface area contributed by atoms with Crippen LogP contribution in [0.2, 0.25) is 5.02 Å². The third kappa shape index (κ3) is 3.85. The molecule has 5 nitrogen and oxygen atoms in total. The molecule has 6 heteroatoms. The minimum atomic E-state index is 0.00600. The van der Waals surface area contributed by atoms with E-state index in [1.807, 2.05) is 30.0 Å². The highest BCUT2D eigenvalue weighted by molar-refractivity contribution is 6.31. The van der Waals surface area contributed by atoms with Gasteiger partial charge in [-0.05, 0) is 43.4 Å². The molecular weight excluding hydrogens is 324 g/mol. The topological polar surface area (TPSA) is 58.1 Å². The molecule has 1 aliphatic heterocycles. The number of piperidine rings is 1. The van der Waals surface area contributed by atoms with Crippen LogP contribution in [-0.2, 0) is 0 Å². The zero-order valence-corrected chi connectivity index (χ0v) is 14.7. The third-order valence-electron chi connectivity index (χ3n) is 4.27. The number of nitrogens with zero attached hydrogens (tertiary/aromatic N) is 3. The second kappa shape index (κ2) is 7.18. The highest BCUT2D eigenvalue weighted by Gasteiger charge is 2.22. The maximum Gasteiger partial charge on any atom is 0.257 e. The van der Waals surface area contributed by atoms with Crippen LogP contribution < -0.4 is 5.32 Å². The van der Waals surface area contributed by atoms with Gasteiger partial charge in [0.05, 0.1) is 5.56 Å². The number of nitrogens with one attached hydrogen (secondary N) is 1. The van der Waals surface area contributed by atoms with Crippen LogP contribution in [-0.4, -0.2) is 33.9 Å². The van der Waals surface area contributed by atoms with Gasteiger partial charge in [0.2, 0.25) is 5.95 Å². The Morgan fingerprint density at radius 1 is 1.33 bits per heavy atom. The van der Waals surface area contributed by atoms with E-state index in [0.717, 1.165) is 30.8 Å². The molecule has 0 aliphatic carbocycles. The Bertz CT molecular complexity index is 732. The SMILES string of the molecule is Cc1ccc(Nc2ncc(C(=O)N3CCCC(C)C3)cn2)cc1Cl. The molecule has 0 spiro atoms. The Morgan fingerprint density at radius 2 is 2.08 bits per heavy atom. The van der Waals surface area contributed by atoms with Gasteiger partial charge in [-0.1, -0.05) is 24.6 Å². The van der Waals surface area contributed by atoms with E-state index >= 15 is 0 Å². The summed E-state index contributed by atoms with van der Waals surface area (Å²) in [5.41, 5.74) is 2.35. The Balaban J connectivity index is 1.68. The molecule has 1 atom stereocenters. The van der Waals surface area contributed by atoms with Crippen LogP contribution in [0.4, 0.5) is 11.6 Å². The largest absolute Gasteiger partial charge is 0.338 e. The zero-order valence-electron chi connectivity index (χ0n) is 13.9. The van der Waals surface area contributed by atoms with Gasteiger partial charge in [-0.15, -0.1) is 0 Å². The lowest BCUT2D eigenvalue weighted by atomic mass is 10.00. The molecule has 3 rings (SSSR count). The number of hydrogen-bond donors (Lipinski definition) is 1. The van der Waals surface area contributed by atoms with Gasteiger partial charge >= 0.3 is 0 Å². The molecule has 0 bridgehead atoms. The summed E-state index contributed by atoms with van der Waals surface area (Å²) in [7, 11) is 0. The van der Waals surface area contributed by atoms with Crippen LogP contribution >= 0.6 is 11.6 Å². The number of anilines is 2. The number of carbonyl (C=O) groups excluding carboxylic acids is 1. The van der Waals surface area contributed by atoms with E-state index in [4.69, 9.17) is 11.6 Å². The van der Waals surface area contributed by atoms with Crippen molar-refractivity contribution in [3.63, 3.8) is 0 Å². The fraction of sp³-hybridized carbons (Fsp3) is 0.389. The molecule has 1 amide bonds. The first kappa shape index (κ1) is 16.7. The van der Waals surface area contributed by atoms with Crippen molar-refractivity contribution in [2.24, 2.45) is 5.92 Å². The number of likely N-dealkylation sites (tertiary alicyclic amines) is 1. The maximum atomic E-state index is 12.5. The molecule has 1 unspecified atom stereocenters. The van der Waals surface area contributed by atoms with Gasteiger partial charge in [0, 0.05) is 36.2 Å². The van der Waals surface area contributed by atoms with Gasteiger partial charge in [-0.2, -0.15) is 0 Å². The van der Waals surface area contributed by atoms with Crippen molar-refractivity contribution < 1.29 is 4.79 Å². The number of halogens is 1. The van der Waals surface area contributed by atoms with Crippen molar-refractivity contribution >= 4 is 29.1 Å². The van der Waals surface area contributed by atoms with Crippen LogP contribution in [0.3, 0.4) is 0 Å². The molecular formula is C18H21ClN4O. The summed E-state index contributed by atoms with van der Waals surface area (Å²) < 4.78 is 0. The number of benzene rings is 1. The van der Waals surface area contributed by atoms with E-state index in [9.17, 15) is 4.79 Å². The van der Waals surface area contributed by atoms with Gasteiger partial charge in [0.15, 0.2) is 0 Å². The van der Waals surface area contributed by atoms with E-state index in [2.05, 4.69) is 22.2 Å². The average Bonchev–Trinajstić information content (AvgIpc) is 2.58. The lowest BCUT2D eigenvalue weighted by molar-refractivity contribution is 0.0682. The van der Waals surface area contributed by atoms with Crippen LogP contribution in [0.5, 0.6) is 0 Å². The summed E-state index contributed by atoms with van der Waals surface area (Å²) in [4.78, 5) is 22.9. The molecule has 2 heterocycles. The first-order valence-electron chi connectivity index (χ1n) is 8.17. The lowest BCUT2D eigenvalue weighted by Gasteiger charge is -2.30. The number of rotatable bonds is 3. The minimum absolute atomic E-state index is 0.00600. The van der Waals surface area contributed by atoms with Crippen LogP contribution in [0, 0.1) is 12.8 Å². The molecule has 126 valence electrons. The Labute approximate surface area is 147 Å². The number of carbonyl (C=O) groups is 1. The Hall–Kier alpha value is -2.14. The molecule has 1 aliphatic rings. The molecule has 1 saturated heterocycles. The second-order valence-electron chi connectivity index (χ2n) is 6.38. The minimum Gasteiger partial charge on any atom is -0.338 e. The highest BCUT2D eigenvalue weighted by Crippen LogP contribution is 2.22. The van der Waals surface area contributed by atoms with Crippen LogP contribution in [0.1, 0.15) is 35.7 Å². The summed E-state index contributed by atoms with van der Waals surface area (Å²) in [6.45, 7) is 5.74. The van der Waals surface area contributed by atoms with Crippen molar-refractivity contribution in [3.05, 3.63) is 46.7 Å². The molecule has 1 aromatic carbocycles. The van der Waals surface area contributed by atoms with Crippen LogP contribution in [0.25, 0.3) is 0 Å². The molecule has 24 heavy (non-hydrogen) atoms. The lowest BCUT2D eigenvalue weighted by Crippen LogP contribution is -2.39. The highest BCUT2D eigenvalue weighted by atomic mass is 35.5. The van der Waals surface area contributed by atoms with Crippen molar-refractivity contribution in [1.29, 1.82) is 0 Å². The Kier molecular flexibility index (Phi) is 5.00. The fourth-order valence-corrected chi connectivity index (χ4v) is 3.04. The van der Waals surface area contributed by atoms with E-state index in [0.29, 0.717) is 22.5 Å². The summed E-state index contributed by atoms with van der Waals surface area (Å²) in [5, 5.41) is 3.78. The second-order valence-corrected chi connectivity index (χ2v) is 6.79. The van der Waals surface area contributed by atoms with Crippen molar-refractivity contribution in [1.82, 2.24) is 14.9 Å². The monoisotopic (exact) mass is 344 g/mol. The zero-order chi connectivity index (χ0) is 17.1. The molecule has 1 aromatic heterocycles. The molecule has 0 radical (unpaired) electrons. The van der Waals surface area contributed by atoms with Crippen molar-refractivity contribution in [3.8, 4) is 0 Å². The standard InChI is InChI=1S/C18H21ClN4O/c1-12-4-3-7-23(11-12)17(24)14-9-20-18(21-10-14)22-15-6-5-13(2)16(19)8-15/h5-6,8-10,12H,3-4,7,11H2,1-2H3,(H,20,21,22). The summed E-state index contributed by atoms with van der Waals surface area (Å²) in [6.07, 6.45) is 5.39. The predicted octanol–water partition coefficient (Wildman–Crippen LogP) is 4.05. The Morgan fingerprint density at radius 3 is 2.75 bits per heavy atom. The van der Waals surface area contributed by atoms with Gasteiger partial charge < -0.3 is 10.2 Å². The summed E-state index contributed by atoms with van der Waals surface area (Å²) in [6, 6.07) is 5.67. The van der Waals surface area contributed by atoms with E-state index in [-0.39, 0.29) is 5.91 Å². The van der Waals surface area contributed by atoms with E-state index in [1.54, 1.807) is 12.4 Å². The van der Waals surface area contributed by atoms with E-state index in [1.165, 1.54) is 6.42 Å². The third-order valence-corrected chi connectivity index (χ3v) is 4.68. The van der Waals surface area contributed by atoms with Gasteiger partial charge in [0.1, 0.15) is 0 Å². The normalized spacial score (nSPS) is 17.6. The van der Waals surface area contributed by atoms with Gasteiger partial charge in [-0.25, -0.2) is 9.97 Å². The number of aromatic nitrogens is 2. The molecule has 1 N–H and O–H groups in total. The predicted molar refractivity (Wildman–Crippen MR) is 95.8 cm³/mol. The number of amides is 1. The summed E-state index contributed by atoms with van der Waals surface area (Å²) >= 11 is 6.11. The average molecular weight is 345 g/mol. The quantitative estimate of drug-likeness (QED) is 0.912.